The molecule has 5 heteroatoms. The zero-order valence-electron chi connectivity index (χ0n) is 6.23. The van der Waals surface area contributed by atoms with Gasteiger partial charge >= 0.3 is 5.97 Å². The van der Waals surface area contributed by atoms with E-state index in [9.17, 15) is 4.79 Å². The van der Waals surface area contributed by atoms with Gasteiger partial charge in [-0.05, 0) is 6.92 Å². The molecule has 0 aromatic carbocycles. The van der Waals surface area contributed by atoms with Gasteiger partial charge in [0.05, 0.1) is 0 Å². The summed E-state index contributed by atoms with van der Waals surface area (Å²) in [7, 11) is 0. The van der Waals surface area contributed by atoms with Crippen LogP contribution in [0, 0.1) is 0 Å². The number of carbonyl (C=O) groups excluding carboxylic acids is 1. The highest BCUT2D eigenvalue weighted by Gasteiger charge is 2.31. The van der Waals surface area contributed by atoms with Gasteiger partial charge in [-0.25, -0.2) is 0 Å². The van der Waals surface area contributed by atoms with Crippen molar-refractivity contribution < 1.29 is 9.53 Å². The van der Waals surface area contributed by atoms with Gasteiger partial charge in [0, 0.05) is 6.42 Å². The van der Waals surface area contributed by atoms with E-state index < -0.39 is 9.90 Å². The number of ether oxygens (including phenoxy) is 1. The smallest absolute Gasteiger partial charge is 0.305 e. The molecular weight excluding hydrogens is 210 g/mol. The Bertz CT molecular complexity index is 141. The molecule has 66 valence electrons. The van der Waals surface area contributed by atoms with Crippen molar-refractivity contribution in [2.75, 3.05) is 0 Å². The Morgan fingerprint density at radius 3 is 2.27 bits per heavy atom. The molecule has 11 heavy (non-hydrogen) atoms. The first-order chi connectivity index (χ1) is 4.88. The van der Waals surface area contributed by atoms with Crippen LogP contribution in [0.3, 0.4) is 0 Å². The number of esters is 1. The molecule has 0 rings (SSSR count). The topological polar surface area (TPSA) is 26.3 Å². The van der Waals surface area contributed by atoms with Crippen LogP contribution in [-0.4, -0.2) is 15.9 Å². The predicted octanol–water partition coefficient (Wildman–Crippen LogP) is 2.70. The molecule has 0 N–H and O–H groups in total. The summed E-state index contributed by atoms with van der Waals surface area (Å²) in [6, 6.07) is 0. The number of alkyl halides is 3. The zero-order valence-corrected chi connectivity index (χ0v) is 8.50. The summed E-state index contributed by atoms with van der Waals surface area (Å²) >= 11 is 16.3. The van der Waals surface area contributed by atoms with E-state index in [4.69, 9.17) is 39.5 Å². The predicted molar refractivity (Wildman–Crippen MR) is 46.1 cm³/mol. The zero-order chi connectivity index (χ0) is 9.07. The van der Waals surface area contributed by atoms with Crippen molar-refractivity contribution in [1.82, 2.24) is 0 Å². The maximum Gasteiger partial charge on any atom is 0.305 e. The van der Waals surface area contributed by atoms with Gasteiger partial charge in [-0.15, -0.1) is 0 Å². The summed E-state index contributed by atoms with van der Waals surface area (Å²) in [4.78, 5) is 10.7. The SMILES string of the molecule is CCC(=O)O[C@@H](C)C(Cl)(Cl)Cl. The second kappa shape index (κ2) is 4.39. The third-order valence-corrected chi connectivity index (χ3v) is 1.98. The van der Waals surface area contributed by atoms with Crippen LogP contribution in [0.25, 0.3) is 0 Å². The van der Waals surface area contributed by atoms with E-state index in [1.807, 2.05) is 0 Å². The van der Waals surface area contributed by atoms with E-state index in [0.29, 0.717) is 0 Å². The van der Waals surface area contributed by atoms with Crippen molar-refractivity contribution in [2.24, 2.45) is 0 Å². The van der Waals surface area contributed by atoms with Gasteiger partial charge in [-0.2, -0.15) is 0 Å². The van der Waals surface area contributed by atoms with Crippen molar-refractivity contribution in [3.8, 4) is 0 Å². The highest BCUT2D eigenvalue weighted by molar-refractivity contribution is 6.68. The summed E-state index contributed by atoms with van der Waals surface area (Å²) in [5.74, 6) is -0.371. The van der Waals surface area contributed by atoms with Crippen LogP contribution < -0.4 is 0 Å². The molecule has 0 spiro atoms. The molecule has 0 aliphatic rings. The molecule has 0 unspecified atom stereocenters. The Balaban J connectivity index is 3.87. The molecule has 0 fully saturated rings. The van der Waals surface area contributed by atoms with E-state index in [0.717, 1.165) is 0 Å². The maximum atomic E-state index is 10.7. The van der Waals surface area contributed by atoms with E-state index in [-0.39, 0.29) is 12.4 Å². The second-order valence-electron chi connectivity index (χ2n) is 2.03. The van der Waals surface area contributed by atoms with Crippen molar-refractivity contribution in [3.63, 3.8) is 0 Å². The molecule has 0 heterocycles. The first kappa shape index (κ1) is 11.3. The van der Waals surface area contributed by atoms with E-state index >= 15 is 0 Å². The summed E-state index contributed by atoms with van der Waals surface area (Å²) in [5.41, 5.74) is 0. The summed E-state index contributed by atoms with van der Waals surface area (Å²) in [6.45, 7) is 3.20. The third kappa shape index (κ3) is 4.72. The Hall–Kier alpha value is 0.340. The Labute approximate surface area is 80.7 Å². The maximum absolute atomic E-state index is 10.7. The molecule has 0 aliphatic heterocycles. The first-order valence-corrected chi connectivity index (χ1v) is 4.27. The summed E-state index contributed by atoms with van der Waals surface area (Å²) < 4.78 is 3.19. The minimum absolute atomic E-state index is 0.283. The highest BCUT2D eigenvalue weighted by Crippen LogP contribution is 2.31. The fourth-order valence-corrected chi connectivity index (χ4v) is 0.481. The quantitative estimate of drug-likeness (QED) is 0.527. The molecule has 0 bridgehead atoms. The molecule has 0 saturated carbocycles. The number of rotatable bonds is 2. The molecule has 0 radical (unpaired) electrons. The van der Waals surface area contributed by atoms with Crippen molar-refractivity contribution >= 4 is 40.8 Å². The van der Waals surface area contributed by atoms with Gasteiger partial charge in [0.15, 0.2) is 0 Å². The van der Waals surface area contributed by atoms with Crippen LogP contribution in [-0.2, 0) is 9.53 Å². The van der Waals surface area contributed by atoms with Gasteiger partial charge in [0.2, 0.25) is 3.79 Å². The third-order valence-electron chi connectivity index (χ3n) is 1.06. The Morgan fingerprint density at radius 1 is 1.55 bits per heavy atom. The molecule has 1 atom stereocenters. The van der Waals surface area contributed by atoms with Crippen molar-refractivity contribution in [2.45, 2.75) is 30.2 Å². The summed E-state index contributed by atoms with van der Waals surface area (Å²) in [5, 5.41) is 0. The van der Waals surface area contributed by atoms with Gasteiger partial charge < -0.3 is 4.74 Å². The first-order valence-electron chi connectivity index (χ1n) is 3.14. The average Bonchev–Trinajstić information content (AvgIpc) is 1.85. The fourth-order valence-electron chi connectivity index (χ4n) is 0.347. The molecule has 2 nitrogen and oxygen atoms in total. The number of hydrogen-bond donors (Lipinski definition) is 0. The molecule has 0 amide bonds. The lowest BCUT2D eigenvalue weighted by Gasteiger charge is -2.19. The van der Waals surface area contributed by atoms with Crippen LogP contribution in [0.1, 0.15) is 20.3 Å². The van der Waals surface area contributed by atoms with Gasteiger partial charge in [-0.3, -0.25) is 4.79 Å². The van der Waals surface area contributed by atoms with Crippen LogP contribution in [0.15, 0.2) is 0 Å². The molecule has 0 saturated heterocycles. The lowest BCUT2D eigenvalue weighted by molar-refractivity contribution is -0.147. The lowest BCUT2D eigenvalue weighted by atomic mass is 10.4. The minimum Gasteiger partial charge on any atom is -0.458 e. The minimum atomic E-state index is -1.54. The standard InChI is InChI=1S/C6H9Cl3O2/c1-3-5(10)11-4(2)6(7,8)9/h4H,3H2,1-2H3/t4-/m0/s1. The van der Waals surface area contributed by atoms with Gasteiger partial charge in [-0.1, -0.05) is 41.7 Å². The van der Waals surface area contributed by atoms with Gasteiger partial charge in [0.25, 0.3) is 0 Å². The number of halogens is 3. The van der Waals surface area contributed by atoms with E-state index in [1.165, 1.54) is 6.92 Å². The lowest BCUT2D eigenvalue weighted by Crippen LogP contribution is -2.27. The number of hydrogen-bond acceptors (Lipinski definition) is 2. The fraction of sp³-hybridized carbons (Fsp3) is 0.833. The van der Waals surface area contributed by atoms with E-state index in [1.54, 1.807) is 6.92 Å². The normalized spacial score (nSPS) is 14.3. The van der Waals surface area contributed by atoms with Gasteiger partial charge in [0.1, 0.15) is 6.10 Å². The summed E-state index contributed by atoms with van der Waals surface area (Å²) in [6.07, 6.45) is -0.426. The van der Waals surface area contributed by atoms with E-state index in [2.05, 4.69) is 0 Å². The monoisotopic (exact) mass is 218 g/mol. The van der Waals surface area contributed by atoms with Crippen LogP contribution in [0.2, 0.25) is 0 Å². The largest absolute Gasteiger partial charge is 0.458 e. The van der Waals surface area contributed by atoms with Crippen molar-refractivity contribution in [3.05, 3.63) is 0 Å². The van der Waals surface area contributed by atoms with Crippen LogP contribution >= 0.6 is 34.8 Å². The molecular formula is C6H9Cl3O2. The highest BCUT2D eigenvalue weighted by atomic mass is 35.6. The Morgan fingerprint density at radius 2 is 2.00 bits per heavy atom. The number of carbonyl (C=O) groups is 1. The molecule has 0 aromatic heterocycles. The van der Waals surface area contributed by atoms with Crippen LogP contribution in [0.4, 0.5) is 0 Å². The molecule has 0 aromatic rings. The Kier molecular flexibility index (Phi) is 4.52. The average molecular weight is 219 g/mol. The molecule has 0 aliphatic carbocycles. The van der Waals surface area contributed by atoms with Crippen LogP contribution in [0.5, 0.6) is 0 Å². The van der Waals surface area contributed by atoms with Crippen molar-refractivity contribution in [1.29, 1.82) is 0 Å². The second-order valence-corrected chi connectivity index (χ2v) is 4.40.